The normalized spacial score (nSPS) is 10.5. The number of nitrogens with zero attached hydrogens (tertiary/aromatic N) is 1. The zero-order valence-corrected chi connectivity index (χ0v) is 12.8. The molecule has 1 heteroatoms. The molecule has 0 aliphatic rings. The lowest BCUT2D eigenvalue weighted by Crippen LogP contribution is -2.17. The molecular formula is C21H19N. The molecule has 0 radical (unpaired) electrons. The maximum Gasteiger partial charge on any atom is 0.0605 e. The van der Waals surface area contributed by atoms with E-state index in [2.05, 4.69) is 90.5 Å². The molecule has 3 rings (SSSR count). The summed E-state index contributed by atoms with van der Waals surface area (Å²) in [5.74, 6) is 6.60. The van der Waals surface area contributed by atoms with Crippen LogP contribution in [0.5, 0.6) is 0 Å². The summed E-state index contributed by atoms with van der Waals surface area (Å²) in [6.45, 7) is 1.68. The van der Waals surface area contributed by atoms with Gasteiger partial charge in [-0.2, -0.15) is 0 Å². The minimum Gasteiger partial charge on any atom is -0.291 e. The van der Waals surface area contributed by atoms with Gasteiger partial charge in [-0.1, -0.05) is 78.6 Å². The van der Waals surface area contributed by atoms with Gasteiger partial charge in [0.15, 0.2) is 0 Å². The molecule has 0 aliphatic heterocycles. The van der Waals surface area contributed by atoms with Gasteiger partial charge in [-0.15, -0.1) is 0 Å². The van der Waals surface area contributed by atoms with E-state index in [1.54, 1.807) is 0 Å². The van der Waals surface area contributed by atoms with Crippen LogP contribution < -0.4 is 0 Å². The van der Waals surface area contributed by atoms with Gasteiger partial charge in [-0.25, -0.2) is 0 Å². The second-order valence-corrected chi connectivity index (χ2v) is 5.49. The summed E-state index contributed by atoms with van der Waals surface area (Å²) < 4.78 is 0. The molecule has 0 spiro atoms. The molecule has 3 aromatic rings. The first-order valence-corrected chi connectivity index (χ1v) is 7.52. The predicted molar refractivity (Wildman–Crippen MR) is 93.6 cm³/mol. The number of hydrogen-bond acceptors (Lipinski definition) is 1. The van der Waals surface area contributed by atoms with Crippen LogP contribution in [0.1, 0.15) is 11.1 Å². The Morgan fingerprint density at radius 1 is 0.818 bits per heavy atom. The molecule has 0 aliphatic carbocycles. The third-order valence-corrected chi connectivity index (χ3v) is 3.66. The highest BCUT2D eigenvalue weighted by atomic mass is 15.1. The fourth-order valence-electron chi connectivity index (χ4n) is 2.56. The Hall–Kier alpha value is -2.56. The van der Waals surface area contributed by atoms with E-state index in [0.717, 1.165) is 18.7 Å². The lowest BCUT2D eigenvalue weighted by molar-refractivity contribution is 0.369. The highest BCUT2D eigenvalue weighted by molar-refractivity contribution is 5.88. The zero-order valence-electron chi connectivity index (χ0n) is 12.8. The third kappa shape index (κ3) is 3.55. The van der Waals surface area contributed by atoms with Crippen molar-refractivity contribution in [2.45, 2.75) is 6.54 Å². The van der Waals surface area contributed by atoms with Crippen molar-refractivity contribution in [1.29, 1.82) is 0 Å². The van der Waals surface area contributed by atoms with Crippen molar-refractivity contribution < 1.29 is 0 Å². The molecule has 1 nitrogen and oxygen atoms in total. The lowest BCUT2D eigenvalue weighted by Gasteiger charge is -2.12. The fourth-order valence-corrected chi connectivity index (χ4v) is 2.56. The van der Waals surface area contributed by atoms with Crippen molar-refractivity contribution in [2.75, 3.05) is 13.6 Å². The van der Waals surface area contributed by atoms with E-state index in [1.165, 1.54) is 16.3 Å². The Kier molecular flexibility index (Phi) is 4.53. The summed E-state index contributed by atoms with van der Waals surface area (Å²) in [6, 6.07) is 25.2. The summed E-state index contributed by atoms with van der Waals surface area (Å²) in [5, 5.41) is 2.47. The SMILES string of the molecule is CN(CC#Cc1cccc2ccccc12)Cc1ccccc1. The second kappa shape index (κ2) is 6.93. The first kappa shape index (κ1) is 14.4. The van der Waals surface area contributed by atoms with Crippen molar-refractivity contribution >= 4 is 10.8 Å². The van der Waals surface area contributed by atoms with Gasteiger partial charge in [0.25, 0.3) is 0 Å². The van der Waals surface area contributed by atoms with E-state index >= 15 is 0 Å². The van der Waals surface area contributed by atoms with E-state index in [0.29, 0.717) is 0 Å². The number of benzene rings is 3. The minimum atomic E-state index is 0.762. The number of hydrogen-bond donors (Lipinski definition) is 0. The van der Waals surface area contributed by atoms with E-state index < -0.39 is 0 Å². The molecule has 0 unspecified atom stereocenters. The molecule has 0 fully saturated rings. The standard InChI is InChI=1S/C21H19N/c1-22(17-18-9-3-2-4-10-18)16-8-14-20-13-7-12-19-11-5-6-15-21(19)20/h2-7,9-13,15H,16-17H2,1H3. The maximum absolute atomic E-state index is 3.31. The van der Waals surface area contributed by atoms with Gasteiger partial charge in [0.1, 0.15) is 0 Å². The Balaban J connectivity index is 1.70. The first-order chi connectivity index (χ1) is 10.8. The highest BCUT2D eigenvalue weighted by Gasteiger charge is 1.98. The summed E-state index contributed by atoms with van der Waals surface area (Å²) >= 11 is 0. The van der Waals surface area contributed by atoms with Crippen LogP contribution in [0.4, 0.5) is 0 Å². The van der Waals surface area contributed by atoms with Gasteiger partial charge >= 0.3 is 0 Å². The molecule has 0 aromatic heterocycles. The van der Waals surface area contributed by atoms with E-state index in [-0.39, 0.29) is 0 Å². The quantitative estimate of drug-likeness (QED) is 0.648. The fraction of sp³-hybridized carbons (Fsp3) is 0.143. The van der Waals surface area contributed by atoms with Gasteiger partial charge in [0.05, 0.1) is 6.54 Å². The van der Waals surface area contributed by atoms with Crippen LogP contribution in [0.25, 0.3) is 10.8 Å². The average Bonchev–Trinajstić information content (AvgIpc) is 2.56. The zero-order chi connectivity index (χ0) is 15.2. The van der Waals surface area contributed by atoms with E-state index in [1.807, 2.05) is 6.07 Å². The number of fused-ring (bicyclic) bond motifs is 1. The smallest absolute Gasteiger partial charge is 0.0605 e. The molecule has 0 bridgehead atoms. The van der Waals surface area contributed by atoms with Gasteiger partial charge in [-0.05, 0) is 29.4 Å². The highest BCUT2D eigenvalue weighted by Crippen LogP contribution is 2.17. The topological polar surface area (TPSA) is 3.24 Å². The van der Waals surface area contributed by atoms with Gasteiger partial charge < -0.3 is 0 Å². The predicted octanol–water partition coefficient (Wildman–Crippen LogP) is 4.32. The Bertz CT molecular complexity index is 804. The molecule has 0 saturated carbocycles. The maximum atomic E-state index is 3.31. The monoisotopic (exact) mass is 285 g/mol. The van der Waals surface area contributed by atoms with Gasteiger partial charge in [-0.3, -0.25) is 4.90 Å². The third-order valence-electron chi connectivity index (χ3n) is 3.66. The summed E-state index contributed by atoms with van der Waals surface area (Å²) in [7, 11) is 2.10. The molecule has 108 valence electrons. The van der Waals surface area contributed by atoms with Crippen LogP contribution in [-0.4, -0.2) is 18.5 Å². The van der Waals surface area contributed by atoms with Crippen LogP contribution in [-0.2, 0) is 6.54 Å². The Labute approximate surface area is 132 Å². The van der Waals surface area contributed by atoms with Gasteiger partial charge in [0, 0.05) is 12.1 Å². The minimum absolute atomic E-state index is 0.762. The molecular weight excluding hydrogens is 266 g/mol. The van der Waals surface area contributed by atoms with Crippen molar-refractivity contribution in [3.63, 3.8) is 0 Å². The molecule has 0 heterocycles. The molecule has 3 aromatic carbocycles. The van der Waals surface area contributed by atoms with E-state index in [9.17, 15) is 0 Å². The van der Waals surface area contributed by atoms with Crippen LogP contribution >= 0.6 is 0 Å². The lowest BCUT2D eigenvalue weighted by atomic mass is 10.1. The molecule has 0 atom stereocenters. The van der Waals surface area contributed by atoms with E-state index in [4.69, 9.17) is 0 Å². The van der Waals surface area contributed by atoms with Crippen molar-refractivity contribution in [2.24, 2.45) is 0 Å². The van der Waals surface area contributed by atoms with Crippen LogP contribution in [0, 0.1) is 11.8 Å². The Morgan fingerprint density at radius 3 is 2.41 bits per heavy atom. The summed E-state index contributed by atoms with van der Waals surface area (Å²) in [6.07, 6.45) is 0. The van der Waals surface area contributed by atoms with Crippen LogP contribution in [0.3, 0.4) is 0 Å². The Morgan fingerprint density at radius 2 is 1.55 bits per heavy atom. The number of rotatable bonds is 3. The van der Waals surface area contributed by atoms with Crippen LogP contribution in [0.15, 0.2) is 72.8 Å². The first-order valence-electron chi connectivity index (χ1n) is 7.52. The molecule has 0 N–H and O–H groups in total. The van der Waals surface area contributed by atoms with Crippen molar-refractivity contribution in [1.82, 2.24) is 4.90 Å². The largest absolute Gasteiger partial charge is 0.291 e. The summed E-state index contributed by atoms with van der Waals surface area (Å²) in [4.78, 5) is 2.23. The second-order valence-electron chi connectivity index (χ2n) is 5.49. The van der Waals surface area contributed by atoms with Gasteiger partial charge in [0.2, 0.25) is 0 Å². The molecule has 22 heavy (non-hydrogen) atoms. The van der Waals surface area contributed by atoms with Crippen molar-refractivity contribution in [3.05, 3.63) is 83.9 Å². The summed E-state index contributed by atoms with van der Waals surface area (Å²) in [5.41, 5.74) is 2.42. The van der Waals surface area contributed by atoms with Crippen LogP contribution in [0.2, 0.25) is 0 Å². The molecule has 0 amide bonds. The average molecular weight is 285 g/mol. The van der Waals surface area contributed by atoms with Crippen molar-refractivity contribution in [3.8, 4) is 11.8 Å². The molecule has 0 saturated heterocycles.